The van der Waals surface area contributed by atoms with E-state index in [1.807, 2.05) is 6.92 Å². The van der Waals surface area contributed by atoms with E-state index in [1.54, 1.807) is 0 Å². The van der Waals surface area contributed by atoms with Crippen molar-refractivity contribution in [3.05, 3.63) is 0 Å². The first-order valence-electron chi connectivity index (χ1n) is 2.93. The van der Waals surface area contributed by atoms with Crippen molar-refractivity contribution in [1.29, 1.82) is 5.41 Å². The van der Waals surface area contributed by atoms with Crippen molar-refractivity contribution in [1.82, 2.24) is 5.32 Å². The Morgan fingerprint density at radius 2 is 2.44 bits per heavy atom. The highest BCUT2D eigenvalue weighted by atomic mass is 16.1. The first-order chi connectivity index (χ1) is 4.16. The van der Waals surface area contributed by atoms with E-state index in [2.05, 4.69) is 5.32 Å². The van der Waals surface area contributed by atoms with Gasteiger partial charge < -0.3 is 10.7 Å². The quantitative estimate of drug-likeness (QED) is 0.536. The number of hydrogen-bond acceptors (Lipinski definition) is 2. The van der Waals surface area contributed by atoms with Crippen molar-refractivity contribution in [2.45, 2.75) is 26.3 Å². The molecule has 0 saturated heterocycles. The van der Waals surface area contributed by atoms with E-state index in [0.29, 0.717) is 6.42 Å². The zero-order valence-corrected chi connectivity index (χ0v) is 5.77. The Kier molecular flexibility index (Phi) is 3.67. The van der Waals surface area contributed by atoms with E-state index in [9.17, 15) is 4.79 Å². The van der Waals surface area contributed by atoms with Gasteiger partial charge in [0.05, 0.1) is 0 Å². The summed E-state index contributed by atoms with van der Waals surface area (Å²) in [6.07, 6.45) is 1.90. The normalized spacial score (nSPS) is 12.2. The zero-order valence-electron chi connectivity index (χ0n) is 5.77. The number of carbonyl (C=O) groups excluding carboxylic acids is 1. The minimum absolute atomic E-state index is 0.0376. The van der Waals surface area contributed by atoms with Crippen LogP contribution in [-0.2, 0) is 4.79 Å². The Bertz CT molecular complexity index is 112. The fourth-order valence-electron chi connectivity index (χ4n) is 0.583. The molecule has 2 N–H and O–H groups in total. The number of amides is 1. The fraction of sp³-hybridized carbons (Fsp3) is 0.667. The lowest BCUT2D eigenvalue weighted by Gasteiger charge is -2.07. The van der Waals surface area contributed by atoms with Crippen LogP contribution in [0.5, 0.6) is 0 Å². The largest absolute Gasteiger partial charge is 0.354 e. The molecule has 0 aliphatic heterocycles. The molecule has 3 heteroatoms. The monoisotopic (exact) mass is 128 g/mol. The topological polar surface area (TPSA) is 53.0 Å². The molecular formula is C6H12N2O. The summed E-state index contributed by atoms with van der Waals surface area (Å²) < 4.78 is 0. The van der Waals surface area contributed by atoms with E-state index in [1.165, 1.54) is 13.1 Å². The molecule has 0 bridgehead atoms. The van der Waals surface area contributed by atoms with Crippen molar-refractivity contribution < 1.29 is 4.79 Å². The lowest BCUT2D eigenvalue weighted by atomic mass is 10.2. The van der Waals surface area contributed by atoms with Crippen LogP contribution in [0.15, 0.2) is 0 Å². The van der Waals surface area contributed by atoms with Crippen molar-refractivity contribution in [2.24, 2.45) is 0 Å². The molecule has 0 aromatic carbocycles. The van der Waals surface area contributed by atoms with Gasteiger partial charge in [0.15, 0.2) is 0 Å². The third kappa shape index (κ3) is 5.00. The summed E-state index contributed by atoms with van der Waals surface area (Å²) in [5.74, 6) is -0.0376. The van der Waals surface area contributed by atoms with Gasteiger partial charge in [-0.25, -0.2) is 0 Å². The average Bonchev–Trinajstić information content (AvgIpc) is 1.63. The minimum atomic E-state index is -0.0376. The van der Waals surface area contributed by atoms with Gasteiger partial charge in [0.2, 0.25) is 5.91 Å². The summed E-state index contributed by atoms with van der Waals surface area (Å²) in [4.78, 5) is 10.3. The first-order valence-corrected chi connectivity index (χ1v) is 2.93. The molecule has 9 heavy (non-hydrogen) atoms. The Balaban J connectivity index is 3.37. The first kappa shape index (κ1) is 8.14. The van der Waals surface area contributed by atoms with Crippen LogP contribution in [0.2, 0.25) is 0 Å². The maximum absolute atomic E-state index is 10.3. The molecule has 0 saturated carbocycles. The number of rotatable bonds is 3. The highest BCUT2D eigenvalue weighted by molar-refractivity contribution is 5.73. The summed E-state index contributed by atoms with van der Waals surface area (Å²) >= 11 is 0. The van der Waals surface area contributed by atoms with Gasteiger partial charge in [-0.3, -0.25) is 4.79 Å². The van der Waals surface area contributed by atoms with Crippen molar-refractivity contribution in [2.75, 3.05) is 0 Å². The highest BCUT2D eigenvalue weighted by Gasteiger charge is 1.98. The molecule has 3 nitrogen and oxygen atoms in total. The number of carbonyl (C=O) groups is 1. The van der Waals surface area contributed by atoms with Crippen LogP contribution < -0.4 is 5.32 Å². The summed E-state index contributed by atoms with van der Waals surface area (Å²) in [6.45, 7) is 3.34. The molecule has 0 rings (SSSR count). The molecule has 0 aliphatic carbocycles. The Labute approximate surface area is 55.0 Å². The second-order valence-corrected chi connectivity index (χ2v) is 2.04. The van der Waals surface area contributed by atoms with Crippen LogP contribution in [-0.4, -0.2) is 18.2 Å². The number of nitrogens with one attached hydrogen (secondary N) is 2. The van der Waals surface area contributed by atoms with Crippen molar-refractivity contribution in [3.8, 4) is 0 Å². The zero-order chi connectivity index (χ0) is 7.28. The molecule has 0 heterocycles. The molecule has 0 aromatic heterocycles. The predicted molar refractivity (Wildman–Crippen MR) is 36.7 cm³/mol. The van der Waals surface area contributed by atoms with Crippen LogP contribution in [0, 0.1) is 5.41 Å². The van der Waals surface area contributed by atoms with Crippen LogP contribution in [0.1, 0.15) is 20.3 Å². The summed E-state index contributed by atoms with van der Waals surface area (Å²) in [5, 5.41) is 9.35. The van der Waals surface area contributed by atoms with E-state index >= 15 is 0 Å². The Hall–Kier alpha value is -0.860. The summed E-state index contributed by atoms with van der Waals surface area (Å²) in [5.41, 5.74) is 0. The second-order valence-electron chi connectivity index (χ2n) is 2.04. The van der Waals surface area contributed by atoms with Gasteiger partial charge in [-0.15, -0.1) is 0 Å². The smallest absolute Gasteiger partial charge is 0.217 e. The molecule has 1 amide bonds. The molecule has 1 atom stereocenters. The highest BCUT2D eigenvalue weighted by Crippen LogP contribution is 1.84. The molecule has 0 aromatic rings. The molecule has 0 fully saturated rings. The van der Waals surface area contributed by atoms with Crippen LogP contribution in [0.4, 0.5) is 0 Å². The van der Waals surface area contributed by atoms with E-state index in [4.69, 9.17) is 5.41 Å². The fourth-order valence-corrected chi connectivity index (χ4v) is 0.583. The molecule has 0 aliphatic rings. The standard InChI is InChI=1S/C6H12N2O/c1-5(3-4-7)8-6(2)9/h4-5,7H,3H2,1-2H3,(H,8,9)/t5-/m0/s1. The maximum atomic E-state index is 10.3. The van der Waals surface area contributed by atoms with E-state index in [0.717, 1.165) is 0 Å². The van der Waals surface area contributed by atoms with Gasteiger partial charge in [0.25, 0.3) is 0 Å². The Morgan fingerprint density at radius 1 is 1.89 bits per heavy atom. The lowest BCUT2D eigenvalue weighted by Crippen LogP contribution is -2.30. The van der Waals surface area contributed by atoms with Gasteiger partial charge in [0, 0.05) is 19.4 Å². The Morgan fingerprint density at radius 3 is 2.78 bits per heavy atom. The van der Waals surface area contributed by atoms with Crippen LogP contribution >= 0.6 is 0 Å². The third-order valence-electron chi connectivity index (χ3n) is 0.921. The van der Waals surface area contributed by atoms with Crippen LogP contribution in [0.25, 0.3) is 0 Å². The molecule has 0 spiro atoms. The second kappa shape index (κ2) is 4.06. The minimum Gasteiger partial charge on any atom is -0.354 e. The van der Waals surface area contributed by atoms with Crippen molar-refractivity contribution >= 4 is 12.1 Å². The molecule has 0 unspecified atom stereocenters. The van der Waals surface area contributed by atoms with Gasteiger partial charge in [-0.2, -0.15) is 0 Å². The van der Waals surface area contributed by atoms with Crippen LogP contribution in [0.3, 0.4) is 0 Å². The van der Waals surface area contributed by atoms with Gasteiger partial charge >= 0.3 is 0 Å². The molecule has 52 valence electrons. The molecular weight excluding hydrogens is 116 g/mol. The SMILES string of the molecule is CC(=O)N[C@@H](C)CC=N. The number of hydrogen-bond donors (Lipinski definition) is 2. The lowest BCUT2D eigenvalue weighted by molar-refractivity contribution is -0.119. The predicted octanol–water partition coefficient (Wildman–Crippen LogP) is 0.551. The van der Waals surface area contributed by atoms with Crippen molar-refractivity contribution in [3.63, 3.8) is 0 Å². The van der Waals surface area contributed by atoms with Gasteiger partial charge in [-0.05, 0) is 13.1 Å². The van der Waals surface area contributed by atoms with Gasteiger partial charge in [0.1, 0.15) is 0 Å². The summed E-state index contributed by atoms with van der Waals surface area (Å²) in [6, 6.07) is 0.0972. The van der Waals surface area contributed by atoms with E-state index < -0.39 is 0 Å². The average molecular weight is 128 g/mol. The molecule has 0 radical (unpaired) electrons. The maximum Gasteiger partial charge on any atom is 0.217 e. The van der Waals surface area contributed by atoms with E-state index in [-0.39, 0.29) is 11.9 Å². The van der Waals surface area contributed by atoms with Gasteiger partial charge in [-0.1, -0.05) is 0 Å². The third-order valence-corrected chi connectivity index (χ3v) is 0.921. The summed E-state index contributed by atoms with van der Waals surface area (Å²) in [7, 11) is 0.